The first-order valence-corrected chi connectivity index (χ1v) is 11.7. The van der Waals surface area contributed by atoms with Gasteiger partial charge in [-0.05, 0) is 30.3 Å². The van der Waals surface area contributed by atoms with Gasteiger partial charge >= 0.3 is 6.61 Å². The minimum Gasteiger partial charge on any atom is -0.434 e. The molecule has 9 nitrogen and oxygen atoms in total. The highest BCUT2D eigenvalue weighted by Gasteiger charge is 2.34. The highest BCUT2D eigenvalue weighted by atomic mass is 32.2. The van der Waals surface area contributed by atoms with Crippen LogP contribution in [0.25, 0.3) is 16.9 Å². The Bertz CT molecular complexity index is 1470. The Morgan fingerprint density at radius 2 is 1.85 bits per heavy atom. The highest BCUT2D eigenvalue weighted by Crippen LogP contribution is 2.37. The summed E-state index contributed by atoms with van der Waals surface area (Å²) in [6.07, 6.45) is -0.923. The molecule has 0 saturated heterocycles. The fourth-order valence-electron chi connectivity index (χ4n) is 4.05. The van der Waals surface area contributed by atoms with E-state index in [0.29, 0.717) is 33.9 Å². The lowest BCUT2D eigenvalue weighted by atomic mass is 9.96. The molecule has 0 fully saturated rings. The normalized spacial score (nSPS) is 18.3. The van der Waals surface area contributed by atoms with E-state index in [2.05, 4.69) is 15.4 Å². The van der Waals surface area contributed by atoms with Gasteiger partial charge in [-0.2, -0.15) is 13.9 Å². The van der Waals surface area contributed by atoms with Crippen LogP contribution in [0.5, 0.6) is 5.75 Å². The Kier molecular flexibility index (Phi) is 5.52. The number of aromatic nitrogens is 3. The number of halogens is 2. The van der Waals surface area contributed by atoms with Crippen LogP contribution >= 0.6 is 0 Å². The van der Waals surface area contributed by atoms with Crippen LogP contribution < -0.4 is 15.2 Å². The summed E-state index contributed by atoms with van der Waals surface area (Å²) in [4.78, 5) is 4.48. The van der Waals surface area contributed by atoms with E-state index < -0.39 is 28.8 Å². The molecule has 0 saturated carbocycles. The minimum absolute atomic E-state index is 0.00188. The second-order valence-electron chi connectivity index (χ2n) is 7.71. The molecule has 2 aromatic carbocycles. The topological polar surface area (TPSA) is 132 Å². The second kappa shape index (κ2) is 8.40. The first kappa shape index (κ1) is 22.3. The molecule has 3 heterocycles. The van der Waals surface area contributed by atoms with Crippen molar-refractivity contribution in [1.29, 1.82) is 0 Å². The monoisotopic (exact) mass is 487 g/mol. The second-order valence-corrected chi connectivity index (χ2v) is 9.28. The third-order valence-electron chi connectivity index (χ3n) is 5.57. The fourth-order valence-corrected chi connectivity index (χ4v) is 4.57. The van der Waals surface area contributed by atoms with E-state index in [9.17, 15) is 22.3 Å². The number of sulfonamides is 1. The van der Waals surface area contributed by atoms with Crippen molar-refractivity contribution < 1.29 is 27.0 Å². The molecular formula is C22H19F2N5O4S. The van der Waals surface area contributed by atoms with Gasteiger partial charge in [-0.1, -0.05) is 30.3 Å². The number of aliphatic hydroxyl groups is 1. The summed E-state index contributed by atoms with van der Waals surface area (Å²) in [5.74, 6) is 0.00188. The van der Waals surface area contributed by atoms with Gasteiger partial charge < -0.3 is 15.2 Å². The van der Waals surface area contributed by atoms with Crippen LogP contribution in [0.2, 0.25) is 0 Å². The number of hydrogen-bond acceptors (Lipinski definition) is 7. The number of nitrogens with one attached hydrogen (secondary N) is 1. The standard InChI is InChI=1S/C22H19F2N5O4S/c23-22(24)33-17-4-2-1-3-14(17)19-21-20(16(30)11-26-19)27-18-10-9-15(28-29(18)21)12-5-7-13(8-6-12)34(25,31)32/h1-10,16,19,22,26,30H,11H2,(H2,25,31,32)/t16-,19-/m1/s1. The molecule has 0 radical (unpaired) electrons. The molecule has 4 N–H and O–H groups in total. The number of ether oxygens (including phenoxy) is 1. The number of alkyl halides is 2. The van der Waals surface area contributed by atoms with Gasteiger partial charge in [-0.3, -0.25) is 0 Å². The molecule has 0 amide bonds. The van der Waals surface area contributed by atoms with E-state index in [1.54, 1.807) is 42.5 Å². The van der Waals surface area contributed by atoms with Gasteiger partial charge in [0.15, 0.2) is 5.65 Å². The lowest BCUT2D eigenvalue weighted by Gasteiger charge is -2.28. The minimum atomic E-state index is -3.83. The quantitative estimate of drug-likeness (QED) is 0.394. The van der Waals surface area contributed by atoms with Gasteiger partial charge in [-0.15, -0.1) is 0 Å². The van der Waals surface area contributed by atoms with Crippen molar-refractivity contribution >= 4 is 15.7 Å². The molecule has 1 aliphatic rings. The molecule has 176 valence electrons. The van der Waals surface area contributed by atoms with Crippen molar-refractivity contribution in [2.45, 2.75) is 23.7 Å². The van der Waals surface area contributed by atoms with Crippen LogP contribution in [0, 0.1) is 0 Å². The molecular weight excluding hydrogens is 468 g/mol. The first-order valence-electron chi connectivity index (χ1n) is 10.2. The zero-order chi connectivity index (χ0) is 24.0. The Labute approximate surface area is 192 Å². The number of benzene rings is 2. The molecule has 12 heteroatoms. The van der Waals surface area contributed by atoms with E-state index in [1.165, 1.54) is 22.7 Å². The van der Waals surface area contributed by atoms with Crippen LogP contribution in [0.3, 0.4) is 0 Å². The summed E-state index contributed by atoms with van der Waals surface area (Å²) in [6, 6.07) is 15.1. The molecule has 0 aliphatic carbocycles. The summed E-state index contributed by atoms with van der Waals surface area (Å²) in [5, 5.41) is 23.5. The van der Waals surface area contributed by atoms with Crippen molar-refractivity contribution in [3.05, 3.63) is 77.6 Å². The van der Waals surface area contributed by atoms with Gasteiger partial charge in [0.1, 0.15) is 11.9 Å². The third kappa shape index (κ3) is 4.01. The number of hydrogen-bond donors (Lipinski definition) is 3. The van der Waals surface area contributed by atoms with Crippen molar-refractivity contribution in [3.8, 4) is 17.0 Å². The van der Waals surface area contributed by atoms with E-state index in [-0.39, 0.29) is 17.2 Å². The number of fused-ring (bicyclic) bond motifs is 3. The Hall–Kier alpha value is -3.45. The average molecular weight is 487 g/mol. The van der Waals surface area contributed by atoms with E-state index in [4.69, 9.17) is 9.88 Å². The summed E-state index contributed by atoms with van der Waals surface area (Å²) < 4.78 is 55.3. The first-order chi connectivity index (χ1) is 16.2. The van der Waals surface area contributed by atoms with Crippen molar-refractivity contribution in [1.82, 2.24) is 19.9 Å². The van der Waals surface area contributed by atoms with Crippen LogP contribution in [-0.4, -0.2) is 41.3 Å². The van der Waals surface area contributed by atoms with E-state index >= 15 is 0 Å². The predicted octanol–water partition coefficient (Wildman–Crippen LogP) is 2.37. The van der Waals surface area contributed by atoms with Gasteiger partial charge in [0.2, 0.25) is 10.0 Å². The molecule has 0 spiro atoms. The van der Waals surface area contributed by atoms with Crippen LogP contribution in [0.4, 0.5) is 8.78 Å². The van der Waals surface area contributed by atoms with E-state index in [1.807, 2.05) is 0 Å². The number of rotatable bonds is 5. The van der Waals surface area contributed by atoms with Gasteiger partial charge in [0, 0.05) is 17.7 Å². The number of nitrogens with zero attached hydrogens (tertiary/aromatic N) is 3. The zero-order valence-electron chi connectivity index (χ0n) is 17.5. The molecule has 2 atom stereocenters. The largest absolute Gasteiger partial charge is 0.434 e. The molecule has 0 unspecified atom stereocenters. The Morgan fingerprint density at radius 3 is 2.56 bits per heavy atom. The molecule has 4 aromatic rings. The van der Waals surface area contributed by atoms with Crippen LogP contribution in [-0.2, 0) is 10.0 Å². The number of imidazole rings is 1. The molecule has 0 bridgehead atoms. The van der Waals surface area contributed by atoms with Crippen molar-refractivity contribution in [2.24, 2.45) is 5.14 Å². The van der Waals surface area contributed by atoms with Crippen molar-refractivity contribution in [3.63, 3.8) is 0 Å². The maximum Gasteiger partial charge on any atom is 0.387 e. The van der Waals surface area contributed by atoms with Crippen molar-refractivity contribution in [2.75, 3.05) is 6.54 Å². The van der Waals surface area contributed by atoms with Gasteiger partial charge in [0.05, 0.1) is 28.0 Å². The lowest BCUT2D eigenvalue weighted by molar-refractivity contribution is -0.0507. The number of primary sulfonamides is 1. The van der Waals surface area contributed by atoms with Gasteiger partial charge in [0.25, 0.3) is 0 Å². The average Bonchev–Trinajstić information content (AvgIpc) is 3.19. The Morgan fingerprint density at radius 1 is 1.12 bits per heavy atom. The summed E-state index contributed by atoms with van der Waals surface area (Å²) >= 11 is 0. The van der Waals surface area contributed by atoms with Crippen LogP contribution in [0.15, 0.2) is 65.6 Å². The maximum atomic E-state index is 13.0. The molecule has 5 rings (SSSR count). The Balaban J connectivity index is 1.64. The number of β-amino-alcohol motifs (C(OH)–C–C–N with tert-alkyl or cyclic N) is 1. The zero-order valence-corrected chi connectivity index (χ0v) is 18.3. The predicted molar refractivity (Wildman–Crippen MR) is 118 cm³/mol. The maximum absolute atomic E-state index is 13.0. The number of para-hydroxylation sites is 1. The van der Waals surface area contributed by atoms with E-state index in [0.717, 1.165) is 0 Å². The number of nitrogens with two attached hydrogens (primary N) is 1. The van der Waals surface area contributed by atoms with Crippen LogP contribution in [0.1, 0.15) is 29.1 Å². The summed E-state index contributed by atoms with van der Waals surface area (Å²) in [6.45, 7) is -2.84. The number of aliphatic hydroxyl groups excluding tert-OH is 1. The summed E-state index contributed by atoms with van der Waals surface area (Å²) in [7, 11) is -3.83. The molecule has 1 aliphatic heterocycles. The molecule has 2 aromatic heterocycles. The highest BCUT2D eigenvalue weighted by molar-refractivity contribution is 7.89. The smallest absolute Gasteiger partial charge is 0.387 e. The summed E-state index contributed by atoms with van der Waals surface area (Å²) in [5.41, 5.74) is 2.90. The third-order valence-corrected chi connectivity index (χ3v) is 6.50. The SMILES string of the molecule is NS(=O)(=O)c1ccc(-c2ccc3nc4c(n3n2)[C@@H](c2ccccc2OC(F)F)NC[C@H]4O)cc1. The fraction of sp³-hybridized carbons (Fsp3) is 0.182. The van der Waals surface area contributed by atoms with Gasteiger partial charge in [-0.25, -0.2) is 23.1 Å². The molecule has 34 heavy (non-hydrogen) atoms. The lowest BCUT2D eigenvalue weighted by Crippen LogP contribution is -2.35.